The number of ether oxygens (including phenoxy) is 1. The molecule has 29 heavy (non-hydrogen) atoms. The van der Waals surface area contributed by atoms with E-state index in [0.717, 1.165) is 18.6 Å². The third kappa shape index (κ3) is 4.29. The predicted octanol–water partition coefficient (Wildman–Crippen LogP) is 2.43. The van der Waals surface area contributed by atoms with Crippen molar-refractivity contribution in [2.75, 3.05) is 12.9 Å². The Morgan fingerprint density at radius 3 is 2.66 bits per heavy atom. The van der Waals surface area contributed by atoms with Crippen LogP contribution in [0.5, 0.6) is 5.75 Å². The smallest absolute Gasteiger partial charge is 0.300 e. The van der Waals surface area contributed by atoms with Crippen molar-refractivity contribution in [3.8, 4) is 11.4 Å². The standard InChI is InChI=1S/C20H23N5O3S/c1-28-16-9-7-15(8-10-16)24-11-12-25-18(19(24)27)22-23-20(25)29-13-17(26)21-14-5-3-2-4-6-14/h7-12,14H,2-6,13H2,1H3,(H,21,26). The molecule has 1 fully saturated rings. The average molecular weight is 414 g/mol. The zero-order valence-corrected chi connectivity index (χ0v) is 17.0. The molecule has 2 aromatic heterocycles. The maximum atomic E-state index is 12.8. The minimum Gasteiger partial charge on any atom is -0.497 e. The summed E-state index contributed by atoms with van der Waals surface area (Å²) in [7, 11) is 1.60. The number of hydrogen-bond donors (Lipinski definition) is 1. The highest BCUT2D eigenvalue weighted by molar-refractivity contribution is 7.99. The number of carbonyl (C=O) groups is 1. The molecule has 1 aliphatic rings. The van der Waals surface area contributed by atoms with E-state index in [1.807, 2.05) is 0 Å². The van der Waals surface area contributed by atoms with E-state index in [9.17, 15) is 9.59 Å². The van der Waals surface area contributed by atoms with Gasteiger partial charge in [-0.2, -0.15) is 0 Å². The van der Waals surface area contributed by atoms with Gasteiger partial charge in [0.15, 0.2) is 5.16 Å². The second-order valence-electron chi connectivity index (χ2n) is 7.04. The third-order valence-electron chi connectivity index (χ3n) is 5.09. The number of thioether (sulfide) groups is 1. The van der Waals surface area contributed by atoms with Crippen molar-refractivity contribution in [3.05, 3.63) is 47.0 Å². The van der Waals surface area contributed by atoms with Gasteiger partial charge in [0.05, 0.1) is 12.9 Å². The number of hydrogen-bond acceptors (Lipinski definition) is 6. The summed E-state index contributed by atoms with van der Waals surface area (Å²) in [5.41, 5.74) is 0.657. The fourth-order valence-corrected chi connectivity index (χ4v) is 4.29. The number of nitrogens with one attached hydrogen (secondary N) is 1. The van der Waals surface area contributed by atoms with Gasteiger partial charge < -0.3 is 10.1 Å². The van der Waals surface area contributed by atoms with Crippen LogP contribution in [0.25, 0.3) is 11.3 Å². The van der Waals surface area contributed by atoms with Crippen LogP contribution >= 0.6 is 11.8 Å². The van der Waals surface area contributed by atoms with Crippen LogP contribution in [0.2, 0.25) is 0 Å². The molecule has 0 bridgehead atoms. The van der Waals surface area contributed by atoms with Gasteiger partial charge in [0.2, 0.25) is 11.6 Å². The fraction of sp³-hybridized carbons (Fsp3) is 0.400. The van der Waals surface area contributed by atoms with E-state index >= 15 is 0 Å². The molecule has 0 aliphatic heterocycles. The number of carbonyl (C=O) groups excluding carboxylic acids is 1. The Hall–Kier alpha value is -2.81. The van der Waals surface area contributed by atoms with Crippen LogP contribution in [-0.2, 0) is 4.79 Å². The average Bonchev–Trinajstić information content (AvgIpc) is 3.17. The Balaban J connectivity index is 1.48. The van der Waals surface area contributed by atoms with E-state index in [2.05, 4.69) is 15.5 Å². The normalized spacial score (nSPS) is 14.8. The quantitative estimate of drug-likeness (QED) is 0.624. The molecule has 0 spiro atoms. The zero-order chi connectivity index (χ0) is 20.2. The van der Waals surface area contributed by atoms with Crippen molar-refractivity contribution in [2.45, 2.75) is 43.3 Å². The molecule has 0 saturated heterocycles. The Bertz CT molecular complexity index is 1050. The van der Waals surface area contributed by atoms with Crippen LogP contribution in [0.4, 0.5) is 0 Å². The molecular weight excluding hydrogens is 390 g/mol. The highest BCUT2D eigenvalue weighted by Crippen LogP contribution is 2.19. The van der Waals surface area contributed by atoms with Gasteiger partial charge in [-0.05, 0) is 37.1 Å². The molecule has 152 valence electrons. The van der Waals surface area contributed by atoms with Gasteiger partial charge >= 0.3 is 5.56 Å². The number of aromatic nitrogens is 4. The first kappa shape index (κ1) is 19.5. The van der Waals surface area contributed by atoms with Crippen LogP contribution < -0.4 is 15.6 Å². The van der Waals surface area contributed by atoms with Gasteiger partial charge in [0, 0.05) is 24.1 Å². The minimum absolute atomic E-state index is 0.00905. The summed E-state index contributed by atoms with van der Waals surface area (Å²) in [5.74, 6) is 0.958. The van der Waals surface area contributed by atoms with E-state index in [0.29, 0.717) is 10.8 Å². The van der Waals surface area contributed by atoms with Crippen molar-refractivity contribution in [3.63, 3.8) is 0 Å². The molecule has 1 amide bonds. The van der Waals surface area contributed by atoms with E-state index < -0.39 is 0 Å². The summed E-state index contributed by atoms with van der Waals surface area (Å²) < 4.78 is 8.29. The van der Waals surface area contributed by atoms with Crippen LogP contribution in [0.15, 0.2) is 46.6 Å². The predicted molar refractivity (Wildman–Crippen MR) is 111 cm³/mol. The summed E-state index contributed by atoms with van der Waals surface area (Å²) in [6.45, 7) is 0. The Morgan fingerprint density at radius 1 is 1.17 bits per heavy atom. The minimum atomic E-state index is -0.274. The Labute approximate surface area is 172 Å². The lowest BCUT2D eigenvalue weighted by atomic mass is 9.95. The molecule has 0 unspecified atom stereocenters. The van der Waals surface area contributed by atoms with Gasteiger partial charge in [-0.25, -0.2) is 0 Å². The maximum Gasteiger partial charge on any atom is 0.300 e. The van der Waals surface area contributed by atoms with Gasteiger partial charge in [0.1, 0.15) is 5.75 Å². The molecular formula is C20H23N5O3S. The molecule has 4 rings (SSSR count). The van der Waals surface area contributed by atoms with Crippen molar-refractivity contribution >= 4 is 23.3 Å². The Kier molecular flexibility index (Phi) is 5.84. The Morgan fingerprint density at radius 2 is 1.93 bits per heavy atom. The molecule has 1 aliphatic carbocycles. The molecule has 1 aromatic carbocycles. The first-order chi connectivity index (χ1) is 14.2. The highest BCUT2D eigenvalue weighted by atomic mass is 32.2. The number of amides is 1. The number of rotatable bonds is 6. The largest absolute Gasteiger partial charge is 0.497 e. The monoisotopic (exact) mass is 413 g/mol. The second-order valence-corrected chi connectivity index (χ2v) is 7.98. The van der Waals surface area contributed by atoms with Crippen molar-refractivity contribution < 1.29 is 9.53 Å². The summed E-state index contributed by atoms with van der Waals surface area (Å²) in [5, 5.41) is 11.7. The molecule has 3 aromatic rings. The van der Waals surface area contributed by atoms with Crippen molar-refractivity contribution in [1.82, 2.24) is 24.5 Å². The first-order valence-electron chi connectivity index (χ1n) is 9.68. The van der Waals surface area contributed by atoms with E-state index in [1.165, 1.54) is 35.6 Å². The summed E-state index contributed by atoms with van der Waals surface area (Å²) in [6.07, 6.45) is 9.11. The lowest BCUT2D eigenvalue weighted by Crippen LogP contribution is -2.37. The van der Waals surface area contributed by atoms with Crippen LogP contribution in [-0.4, -0.2) is 44.0 Å². The van der Waals surface area contributed by atoms with Gasteiger partial charge in [-0.3, -0.25) is 18.6 Å². The molecule has 1 saturated carbocycles. The lowest BCUT2D eigenvalue weighted by molar-refractivity contribution is -0.119. The number of methoxy groups -OCH3 is 1. The van der Waals surface area contributed by atoms with Crippen LogP contribution in [0.3, 0.4) is 0 Å². The number of nitrogens with zero attached hydrogens (tertiary/aromatic N) is 4. The lowest BCUT2D eigenvalue weighted by Gasteiger charge is -2.22. The molecule has 2 heterocycles. The van der Waals surface area contributed by atoms with Gasteiger partial charge in [0.25, 0.3) is 0 Å². The summed E-state index contributed by atoms with van der Waals surface area (Å²) in [6, 6.07) is 7.48. The SMILES string of the molecule is COc1ccc(-n2ccn3c(SCC(=O)NC4CCCCC4)nnc3c2=O)cc1. The highest BCUT2D eigenvalue weighted by Gasteiger charge is 2.17. The van der Waals surface area contributed by atoms with E-state index in [4.69, 9.17) is 4.74 Å². The number of fused-ring (bicyclic) bond motifs is 1. The maximum absolute atomic E-state index is 12.8. The third-order valence-corrected chi connectivity index (χ3v) is 6.04. The van der Waals surface area contributed by atoms with Crippen molar-refractivity contribution in [2.24, 2.45) is 0 Å². The molecule has 8 nitrogen and oxygen atoms in total. The second kappa shape index (κ2) is 8.69. The van der Waals surface area contributed by atoms with Gasteiger partial charge in [-0.15, -0.1) is 10.2 Å². The van der Waals surface area contributed by atoms with E-state index in [1.54, 1.807) is 48.2 Å². The zero-order valence-electron chi connectivity index (χ0n) is 16.2. The summed E-state index contributed by atoms with van der Waals surface area (Å²) in [4.78, 5) is 25.1. The van der Waals surface area contributed by atoms with Gasteiger partial charge in [-0.1, -0.05) is 31.0 Å². The molecule has 0 atom stereocenters. The number of benzene rings is 1. The molecule has 0 radical (unpaired) electrons. The first-order valence-corrected chi connectivity index (χ1v) is 10.7. The fourth-order valence-electron chi connectivity index (χ4n) is 3.56. The summed E-state index contributed by atoms with van der Waals surface area (Å²) >= 11 is 1.28. The molecule has 9 heteroatoms. The van der Waals surface area contributed by atoms with E-state index in [-0.39, 0.29) is 28.9 Å². The van der Waals surface area contributed by atoms with Crippen molar-refractivity contribution in [1.29, 1.82) is 0 Å². The van der Waals surface area contributed by atoms with Crippen LogP contribution in [0.1, 0.15) is 32.1 Å². The molecule has 1 N–H and O–H groups in total. The topological polar surface area (TPSA) is 90.5 Å². The van der Waals surface area contributed by atoms with Crippen LogP contribution in [0, 0.1) is 0 Å².